The summed E-state index contributed by atoms with van der Waals surface area (Å²) in [7, 11) is -3.43. The molecule has 118 valence electrons. The molecule has 1 aromatic rings. The topological polar surface area (TPSA) is 49.4 Å². The van der Waals surface area contributed by atoms with Crippen LogP contribution in [-0.4, -0.2) is 39.0 Å². The quantitative estimate of drug-likeness (QED) is 0.858. The van der Waals surface area contributed by atoms with E-state index in [2.05, 4.69) is 15.5 Å². The molecule has 2 bridgehead atoms. The molecule has 3 fully saturated rings. The van der Waals surface area contributed by atoms with Gasteiger partial charge in [0.15, 0.2) is 0 Å². The first kappa shape index (κ1) is 15.5. The first-order valence-electron chi connectivity index (χ1n) is 7.76. The SMILES string of the molecule is C#C[C@H]1CN2CC[C@@H]1C[C@@H]2CNS(=O)(=O)c1ccc(C)cc1. The lowest BCUT2D eigenvalue weighted by Crippen LogP contribution is -2.56. The van der Waals surface area contributed by atoms with E-state index in [4.69, 9.17) is 6.42 Å². The molecule has 4 atom stereocenters. The van der Waals surface area contributed by atoms with Gasteiger partial charge in [-0.05, 0) is 44.4 Å². The summed E-state index contributed by atoms with van der Waals surface area (Å²) in [5.74, 6) is 3.76. The van der Waals surface area contributed by atoms with E-state index < -0.39 is 10.0 Å². The lowest BCUT2D eigenvalue weighted by molar-refractivity contribution is 0.0251. The Kier molecular flexibility index (Phi) is 4.26. The van der Waals surface area contributed by atoms with Crippen LogP contribution in [0.4, 0.5) is 0 Å². The van der Waals surface area contributed by atoms with Crippen LogP contribution in [0.15, 0.2) is 29.2 Å². The lowest BCUT2D eigenvalue weighted by Gasteiger charge is -2.48. The molecule has 3 saturated heterocycles. The van der Waals surface area contributed by atoms with Gasteiger partial charge in [0.25, 0.3) is 0 Å². The van der Waals surface area contributed by atoms with Gasteiger partial charge in [-0.3, -0.25) is 4.90 Å². The molecule has 5 heteroatoms. The van der Waals surface area contributed by atoms with Crippen LogP contribution in [0.3, 0.4) is 0 Å². The van der Waals surface area contributed by atoms with Gasteiger partial charge in [-0.15, -0.1) is 12.3 Å². The Bertz CT molecular complexity index is 676. The Labute approximate surface area is 133 Å². The van der Waals surface area contributed by atoms with Crippen LogP contribution in [0.1, 0.15) is 18.4 Å². The monoisotopic (exact) mass is 318 g/mol. The number of terminal acetylenes is 1. The molecule has 0 aromatic heterocycles. The molecule has 0 radical (unpaired) electrons. The van der Waals surface area contributed by atoms with Crippen LogP contribution in [0.25, 0.3) is 0 Å². The maximum atomic E-state index is 12.4. The van der Waals surface area contributed by atoms with Crippen LogP contribution in [0, 0.1) is 31.1 Å². The van der Waals surface area contributed by atoms with Crippen LogP contribution < -0.4 is 4.72 Å². The molecule has 4 rings (SSSR count). The highest BCUT2D eigenvalue weighted by Crippen LogP contribution is 2.35. The average Bonchev–Trinajstić information content (AvgIpc) is 2.54. The molecule has 1 N–H and O–H groups in total. The number of fused-ring (bicyclic) bond motifs is 3. The summed E-state index contributed by atoms with van der Waals surface area (Å²) in [6, 6.07) is 7.21. The minimum atomic E-state index is -3.43. The van der Waals surface area contributed by atoms with E-state index in [1.165, 1.54) is 0 Å². The Morgan fingerprint density at radius 1 is 1.36 bits per heavy atom. The molecule has 1 aromatic carbocycles. The number of nitrogens with zero attached hydrogens (tertiary/aromatic N) is 1. The smallest absolute Gasteiger partial charge is 0.240 e. The second kappa shape index (κ2) is 6.04. The Balaban J connectivity index is 1.63. The third-order valence-electron chi connectivity index (χ3n) is 4.93. The molecule has 0 saturated carbocycles. The number of aryl methyl sites for hydroxylation is 1. The Hall–Kier alpha value is -1.35. The number of hydrogen-bond donors (Lipinski definition) is 1. The molecule has 0 aliphatic carbocycles. The highest BCUT2D eigenvalue weighted by molar-refractivity contribution is 7.89. The van der Waals surface area contributed by atoms with Crippen molar-refractivity contribution in [3.63, 3.8) is 0 Å². The van der Waals surface area contributed by atoms with Gasteiger partial charge < -0.3 is 0 Å². The third kappa shape index (κ3) is 3.05. The van der Waals surface area contributed by atoms with Gasteiger partial charge in [-0.2, -0.15) is 0 Å². The van der Waals surface area contributed by atoms with Crippen molar-refractivity contribution in [3.05, 3.63) is 29.8 Å². The average molecular weight is 318 g/mol. The molecule has 1 unspecified atom stereocenters. The second-order valence-electron chi connectivity index (χ2n) is 6.37. The summed E-state index contributed by atoms with van der Waals surface area (Å²) in [5, 5.41) is 0. The molecular weight excluding hydrogens is 296 g/mol. The molecule has 22 heavy (non-hydrogen) atoms. The van der Waals surface area contributed by atoms with E-state index in [0.29, 0.717) is 23.3 Å². The van der Waals surface area contributed by atoms with Gasteiger partial charge in [0.2, 0.25) is 10.0 Å². The summed E-state index contributed by atoms with van der Waals surface area (Å²) in [5.41, 5.74) is 1.05. The van der Waals surface area contributed by atoms with Crippen molar-refractivity contribution in [1.82, 2.24) is 9.62 Å². The van der Waals surface area contributed by atoms with Crippen LogP contribution >= 0.6 is 0 Å². The van der Waals surface area contributed by atoms with Gasteiger partial charge >= 0.3 is 0 Å². The van der Waals surface area contributed by atoms with Crippen molar-refractivity contribution in [2.24, 2.45) is 11.8 Å². The molecular formula is C17H22N2O2S. The summed E-state index contributed by atoms with van der Waals surface area (Å²) in [6.45, 7) is 4.33. The maximum Gasteiger partial charge on any atom is 0.240 e. The molecule has 0 spiro atoms. The minimum Gasteiger partial charge on any atom is -0.298 e. The van der Waals surface area contributed by atoms with E-state index in [0.717, 1.165) is 31.5 Å². The van der Waals surface area contributed by atoms with E-state index >= 15 is 0 Å². The van der Waals surface area contributed by atoms with E-state index in [-0.39, 0.29) is 6.04 Å². The van der Waals surface area contributed by atoms with Crippen LogP contribution in [0.2, 0.25) is 0 Å². The fourth-order valence-corrected chi connectivity index (χ4v) is 4.62. The summed E-state index contributed by atoms with van der Waals surface area (Å²) < 4.78 is 27.5. The third-order valence-corrected chi connectivity index (χ3v) is 6.37. The number of piperidine rings is 3. The summed E-state index contributed by atoms with van der Waals surface area (Å²) in [4.78, 5) is 2.66. The number of nitrogens with one attached hydrogen (secondary N) is 1. The summed E-state index contributed by atoms with van der Waals surface area (Å²) in [6.07, 6.45) is 7.70. The standard InChI is InChI=1S/C17H22N2O2S/c1-3-14-12-19-9-8-15(14)10-16(19)11-18-22(20,21)17-6-4-13(2)5-7-17/h1,4-7,14-16,18H,8-12H2,2H3/t14-,15+,16+/m0/s1. The van der Waals surface area contributed by atoms with Gasteiger partial charge in [0.05, 0.1) is 4.90 Å². The van der Waals surface area contributed by atoms with Crippen molar-refractivity contribution in [3.8, 4) is 12.3 Å². The van der Waals surface area contributed by atoms with Crippen molar-refractivity contribution in [2.45, 2.75) is 30.7 Å². The molecule has 3 heterocycles. The van der Waals surface area contributed by atoms with Crippen molar-refractivity contribution >= 4 is 10.0 Å². The highest BCUT2D eigenvalue weighted by Gasteiger charge is 2.39. The molecule has 3 aliphatic rings. The number of benzene rings is 1. The molecule has 3 aliphatic heterocycles. The second-order valence-corrected chi connectivity index (χ2v) is 8.14. The maximum absolute atomic E-state index is 12.4. The highest BCUT2D eigenvalue weighted by atomic mass is 32.2. The fraction of sp³-hybridized carbons (Fsp3) is 0.529. The normalized spacial score (nSPS) is 30.9. The zero-order valence-electron chi connectivity index (χ0n) is 12.8. The van der Waals surface area contributed by atoms with Gasteiger partial charge in [-0.25, -0.2) is 13.1 Å². The lowest BCUT2D eigenvalue weighted by atomic mass is 9.76. The largest absolute Gasteiger partial charge is 0.298 e. The predicted octanol–water partition coefficient (Wildman–Crippen LogP) is 1.62. The fourth-order valence-electron chi connectivity index (χ4n) is 3.55. The molecule has 0 amide bonds. The Morgan fingerprint density at radius 3 is 2.68 bits per heavy atom. The Morgan fingerprint density at radius 2 is 2.09 bits per heavy atom. The van der Waals surface area contributed by atoms with Crippen molar-refractivity contribution in [1.29, 1.82) is 0 Å². The number of hydrogen-bond acceptors (Lipinski definition) is 3. The zero-order chi connectivity index (χ0) is 15.7. The number of rotatable bonds is 4. The zero-order valence-corrected chi connectivity index (χ0v) is 13.6. The predicted molar refractivity (Wildman–Crippen MR) is 86.8 cm³/mol. The minimum absolute atomic E-state index is 0.267. The van der Waals surface area contributed by atoms with E-state index in [1.807, 2.05) is 19.1 Å². The van der Waals surface area contributed by atoms with Gasteiger partial charge in [-0.1, -0.05) is 17.7 Å². The van der Waals surface area contributed by atoms with Crippen molar-refractivity contribution < 1.29 is 8.42 Å². The summed E-state index contributed by atoms with van der Waals surface area (Å²) >= 11 is 0. The van der Waals surface area contributed by atoms with Gasteiger partial charge in [0.1, 0.15) is 0 Å². The molecule has 4 nitrogen and oxygen atoms in total. The van der Waals surface area contributed by atoms with Crippen LogP contribution in [-0.2, 0) is 10.0 Å². The van der Waals surface area contributed by atoms with E-state index in [1.54, 1.807) is 12.1 Å². The first-order valence-corrected chi connectivity index (χ1v) is 9.24. The van der Waals surface area contributed by atoms with Crippen molar-refractivity contribution in [2.75, 3.05) is 19.6 Å². The first-order chi connectivity index (χ1) is 10.5. The van der Waals surface area contributed by atoms with Gasteiger partial charge in [0, 0.05) is 25.0 Å². The van der Waals surface area contributed by atoms with E-state index in [9.17, 15) is 8.42 Å². The van der Waals surface area contributed by atoms with Crippen LogP contribution in [0.5, 0.6) is 0 Å². The number of sulfonamides is 1.